The second-order valence-corrected chi connectivity index (χ2v) is 3.80. The van der Waals surface area contributed by atoms with E-state index in [1.54, 1.807) is 0 Å². The first kappa shape index (κ1) is 10.2. The van der Waals surface area contributed by atoms with Crippen molar-refractivity contribution in [2.75, 3.05) is 0 Å². The van der Waals surface area contributed by atoms with Crippen LogP contribution in [0.5, 0.6) is 0 Å². The summed E-state index contributed by atoms with van der Waals surface area (Å²) in [5.74, 6) is 0. The van der Waals surface area contributed by atoms with Crippen LogP contribution in [0, 0.1) is 0 Å². The van der Waals surface area contributed by atoms with E-state index >= 15 is 0 Å². The molecule has 0 aromatic rings. The van der Waals surface area contributed by atoms with Gasteiger partial charge in [0.05, 0.1) is 0 Å². The number of rotatable bonds is 6. The zero-order chi connectivity index (χ0) is 7.82. The van der Waals surface area contributed by atoms with Crippen LogP contribution in [0.4, 0.5) is 0 Å². The van der Waals surface area contributed by atoms with Gasteiger partial charge in [-0.25, -0.2) is 0 Å². The van der Waals surface area contributed by atoms with Gasteiger partial charge in [-0.3, -0.25) is 0 Å². The molecule has 0 aliphatic heterocycles. The molecular weight excluding hydrogens is 136 g/mol. The molecule has 0 saturated heterocycles. The highest BCUT2D eigenvalue weighted by molar-refractivity contribution is 6.11. The Kier molecular flexibility index (Phi) is 7.48. The van der Waals surface area contributed by atoms with E-state index in [4.69, 9.17) is 0 Å². The molecule has 0 fully saturated rings. The van der Waals surface area contributed by atoms with Crippen molar-refractivity contribution < 1.29 is 0 Å². The van der Waals surface area contributed by atoms with Gasteiger partial charge >= 0.3 is 0 Å². The smallest absolute Gasteiger partial charge is 0.0266 e. The Morgan fingerprint density at radius 1 is 1.00 bits per heavy atom. The van der Waals surface area contributed by atoms with Gasteiger partial charge in [0.2, 0.25) is 0 Å². The van der Waals surface area contributed by atoms with Crippen LogP contribution >= 0.6 is 0 Å². The minimum atomic E-state index is 0.775. The summed E-state index contributed by atoms with van der Waals surface area (Å²) in [5, 5.41) is 0. The van der Waals surface area contributed by atoms with Crippen molar-refractivity contribution in [3.05, 3.63) is 0 Å². The van der Waals surface area contributed by atoms with Crippen molar-refractivity contribution in [3.8, 4) is 0 Å². The van der Waals surface area contributed by atoms with E-state index in [1.807, 2.05) is 0 Å². The van der Waals surface area contributed by atoms with E-state index in [0.29, 0.717) is 0 Å². The molecule has 3 radical (unpaired) electrons. The van der Waals surface area contributed by atoms with Gasteiger partial charge < -0.3 is 0 Å². The molecule has 10 heavy (non-hydrogen) atoms. The lowest BCUT2D eigenvalue weighted by Gasteiger charge is -2.07. The number of unbranched alkanes of at least 4 members (excludes halogenated alkanes) is 2. The summed E-state index contributed by atoms with van der Waals surface area (Å²) >= 11 is 0. The van der Waals surface area contributed by atoms with Crippen molar-refractivity contribution in [2.24, 2.45) is 0 Å². The molecule has 1 unspecified atom stereocenters. The van der Waals surface area contributed by atoms with Gasteiger partial charge in [-0.05, 0) is 0 Å². The Morgan fingerprint density at radius 3 is 2.20 bits per heavy atom. The van der Waals surface area contributed by atoms with E-state index < -0.39 is 0 Å². The predicted octanol–water partition coefficient (Wildman–Crippen LogP) is 3.32. The zero-order valence-corrected chi connectivity index (χ0v) is 8.32. The first-order valence-electron chi connectivity index (χ1n) is 4.52. The third-order valence-electron chi connectivity index (χ3n) is 1.79. The normalized spacial score (nSPS) is 13.5. The summed E-state index contributed by atoms with van der Waals surface area (Å²) in [7, 11) is 3.72. The molecule has 0 spiro atoms. The molecule has 0 rings (SSSR count). The Labute approximate surface area is 68.8 Å². The fraction of sp³-hybridized carbons (Fsp3) is 1.00. The van der Waals surface area contributed by atoms with E-state index in [9.17, 15) is 0 Å². The molecule has 0 N–H and O–H groups in total. The van der Waals surface area contributed by atoms with Gasteiger partial charge in [0.15, 0.2) is 0 Å². The van der Waals surface area contributed by atoms with Crippen LogP contribution in [0.25, 0.3) is 0 Å². The zero-order valence-electron chi connectivity index (χ0n) is 7.32. The second kappa shape index (κ2) is 7.33. The van der Waals surface area contributed by atoms with Crippen molar-refractivity contribution in [3.63, 3.8) is 0 Å². The summed E-state index contributed by atoms with van der Waals surface area (Å²) in [4.78, 5) is 0. The maximum atomic E-state index is 3.72. The van der Waals surface area contributed by atoms with Crippen molar-refractivity contribution in [1.82, 2.24) is 0 Å². The number of hydrogen-bond acceptors (Lipinski definition) is 0. The topological polar surface area (TPSA) is 0 Å². The van der Waals surface area contributed by atoms with E-state index in [1.165, 1.54) is 38.5 Å². The van der Waals surface area contributed by atoms with Crippen molar-refractivity contribution in [1.29, 1.82) is 0 Å². The van der Waals surface area contributed by atoms with Gasteiger partial charge in [-0.15, -0.1) is 0 Å². The van der Waals surface area contributed by atoms with Crippen LogP contribution in [0.3, 0.4) is 0 Å². The fourth-order valence-electron chi connectivity index (χ4n) is 1.13. The lowest BCUT2D eigenvalue weighted by molar-refractivity contribution is 0.601. The van der Waals surface area contributed by atoms with E-state index in [-0.39, 0.29) is 0 Å². The highest BCUT2D eigenvalue weighted by Gasteiger charge is 1.98. The largest absolute Gasteiger partial charge is 0.0654 e. The minimum absolute atomic E-state index is 0.775. The molecule has 0 heterocycles. The molecule has 0 aliphatic rings. The van der Waals surface area contributed by atoms with Gasteiger partial charge in [0.25, 0.3) is 0 Å². The maximum Gasteiger partial charge on any atom is 0.0266 e. The summed E-state index contributed by atoms with van der Waals surface area (Å²) < 4.78 is 0. The summed E-state index contributed by atoms with van der Waals surface area (Å²) in [6.45, 7) is 4.50. The summed E-state index contributed by atoms with van der Waals surface area (Å²) in [6.07, 6.45) is 8.12. The highest BCUT2D eigenvalue weighted by atomic mass is 28.1. The maximum absolute atomic E-state index is 3.72. The highest BCUT2D eigenvalue weighted by Crippen LogP contribution is 2.16. The Hall–Kier alpha value is 0.217. The molecule has 0 aliphatic carbocycles. The molecule has 1 heteroatoms. The van der Waals surface area contributed by atoms with E-state index in [0.717, 1.165) is 5.54 Å². The van der Waals surface area contributed by atoms with Crippen LogP contribution in [-0.2, 0) is 0 Å². The Morgan fingerprint density at radius 2 is 1.70 bits per heavy atom. The van der Waals surface area contributed by atoms with Crippen LogP contribution in [0.2, 0.25) is 5.54 Å². The molecule has 1 atom stereocenters. The van der Waals surface area contributed by atoms with Gasteiger partial charge in [-0.2, -0.15) is 0 Å². The quantitative estimate of drug-likeness (QED) is 0.408. The Bertz CT molecular complexity index is 61.7. The molecule has 0 aromatic heterocycles. The van der Waals surface area contributed by atoms with E-state index in [2.05, 4.69) is 24.1 Å². The lowest BCUT2D eigenvalue weighted by atomic mass is 10.1. The van der Waals surface area contributed by atoms with Crippen LogP contribution in [-0.4, -0.2) is 10.2 Å². The van der Waals surface area contributed by atoms with Gasteiger partial charge in [0.1, 0.15) is 0 Å². The van der Waals surface area contributed by atoms with Crippen LogP contribution < -0.4 is 0 Å². The summed E-state index contributed by atoms with van der Waals surface area (Å²) in [6, 6.07) is 0. The Balaban J connectivity index is 2.97. The molecular formula is C9H19Si. The molecule has 59 valence electrons. The minimum Gasteiger partial charge on any atom is -0.0654 e. The van der Waals surface area contributed by atoms with Crippen LogP contribution in [0.15, 0.2) is 0 Å². The number of hydrogen-bond donors (Lipinski definition) is 0. The molecule has 0 amide bonds. The van der Waals surface area contributed by atoms with Crippen LogP contribution in [0.1, 0.15) is 52.4 Å². The van der Waals surface area contributed by atoms with Crippen molar-refractivity contribution >= 4 is 10.2 Å². The average molecular weight is 155 g/mol. The average Bonchev–Trinajstić information content (AvgIpc) is 1.89. The SMILES string of the molecule is CCCCCC([Si])CCC. The first-order chi connectivity index (χ1) is 4.81. The third kappa shape index (κ3) is 6.34. The molecule has 0 nitrogen and oxygen atoms in total. The second-order valence-electron chi connectivity index (χ2n) is 2.98. The fourth-order valence-corrected chi connectivity index (χ4v) is 1.63. The van der Waals surface area contributed by atoms with Gasteiger partial charge in [0, 0.05) is 10.2 Å². The monoisotopic (exact) mass is 155 g/mol. The summed E-state index contributed by atoms with van der Waals surface area (Å²) in [5.41, 5.74) is 0.775. The van der Waals surface area contributed by atoms with Crippen molar-refractivity contribution in [2.45, 2.75) is 57.9 Å². The predicted molar refractivity (Wildman–Crippen MR) is 48.6 cm³/mol. The lowest BCUT2D eigenvalue weighted by Crippen LogP contribution is -1.91. The standard InChI is InChI=1S/C9H19Si/c1-3-5-6-8-9(10)7-4-2/h9H,3-8H2,1-2H3. The first-order valence-corrected chi connectivity index (χ1v) is 5.10. The molecule has 0 aromatic carbocycles. The van der Waals surface area contributed by atoms with Gasteiger partial charge in [-0.1, -0.05) is 57.9 Å². The molecule has 0 saturated carbocycles. The molecule has 0 bridgehead atoms. The third-order valence-corrected chi connectivity index (χ3v) is 2.37.